The summed E-state index contributed by atoms with van der Waals surface area (Å²) < 4.78 is 0.954. The van der Waals surface area contributed by atoms with Crippen molar-refractivity contribution in [3.05, 3.63) is 58.6 Å². The summed E-state index contributed by atoms with van der Waals surface area (Å²) in [6, 6.07) is 15.1. The number of anilines is 1. The minimum Gasteiger partial charge on any atom is -0.354 e. The Morgan fingerprint density at radius 1 is 1.09 bits per heavy atom. The number of para-hydroxylation sites is 2. The molecule has 3 rings (SSSR count). The molecule has 22 heavy (non-hydrogen) atoms. The summed E-state index contributed by atoms with van der Waals surface area (Å²) in [4.78, 5) is 19.5. The molecule has 6 heteroatoms. The van der Waals surface area contributed by atoms with E-state index in [4.69, 9.17) is 0 Å². The van der Waals surface area contributed by atoms with Gasteiger partial charge in [-0.1, -0.05) is 28.1 Å². The number of nitrogens with zero attached hydrogens (tertiary/aromatic N) is 1. The van der Waals surface area contributed by atoms with Crippen molar-refractivity contribution in [2.75, 3.05) is 18.4 Å². The lowest BCUT2D eigenvalue weighted by atomic mass is 10.2. The summed E-state index contributed by atoms with van der Waals surface area (Å²) in [6.45, 7) is 1.12. The number of carbonyl (C=O) groups is 1. The predicted octanol–water partition coefficient (Wildman–Crippen LogP) is 3.17. The first-order chi connectivity index (χ1) is 10.7. The maximum atomic E-state index is 11.9. The van der Waals surface area contributed by atoms with Gasteiger partial charge in [0, 0.05) is 23.1 Å². The number of imidazole rings is 1. The summed E-state index contributed by atoms with van der Waals surface area (Å²) in [6.07, 6.45) is 0. The monoisotopic (exact) mass is 358 g/mol. The SMILES string of the molecule is O=C(NCCNc1nc2ccccc2[nH]1)c1ccc(Br)cc1. The third-order valence-corrected chi connectivity index (χ3v) is 3.73. The number of carbonyl (C=O) groups excluding carboxylic acids is 1. The molecular weight excluding hydrogens is 344 g/mol. The smallest absolute Gasteiger partial charge is 0.251 e. The molecule has 0 atom stereocenters. The van der Waals surface area contributed by atoms with Crippen LogP contribution < -0.4 is 10.6 Å². The average Bonchev–Trinajstić information content (AvgIpc) is 2.95. The minimum absolute atomic E-state index is 0.0843. The number of rotatable bonds is 5. The third-order valence-electron chi connectivity index (χ3n) is 3.20. The molecule has 0 unspecified atom stereocenters. The number of benzene rings is 2. The molecule has 1 heterocycles. The first-order valence-corrected chi connectivity index (χ1v) is 7.74. The predicted molar refractivity (Wildman–Crippen MR) is 91.1 cm³/mol. The highest BCUT2D eigenvalue weighted by Crippen LogP contribution is 2.13. The number of aromatic nitrogens is 2. The van der Waals surface area contributed by atoms with Crippen molar-refractivity contribution < 1.29 is 4.79 Å². The van der Waals surface area contributed by atoms with Gasteiger partial charge in [0.15, 0.2) is 0 Å². The number of hydrogen-bond acceptors (Lipinski definition) is 3. The largest absolute Gasteiger partial charge is 0.354 e. The zero-order valence-electron chi connectivity index (χ0n) is 11.8. The molecule has 1 amide bonds. The topological polar surface area (TPSA) is 69.8 Å². The Hall–Kier alpha value is -2.34. The third kappa shape index (κ3) is 3.46. The molecule has 5 nitrogen and oxygen atoms in total. The second-order valence-electron chi connectivity index (χ2n) is 4.79. The van der Waals surface area contributed by atoms with E-state index in [2.05, 4.69) is 36.5 Å². The Morgan fingerprint density at radius 2 is 1.86 bits per heavy atom. The van der Waals surface area contributed by atoms with Gasteiger partial charge >= 0.3 is 0 Å². The number of nitrogens with one attached hydrogen (secondary N) is 3. The Labute approximate surface area is 136 Å². The molecule has 0 aliphatic carbocycles. The molecule has 0 radical (unpaired) electrons. The van der Waals surface area contributed by atoms with E-state index >= 15 is 0 Å². The normalized spacial score (nSPS) is 10.6. The zero-order chi connectivity index (χ0) is 15.4. The number of aromatic amines is 1. The van der Waals surface area contributed by atoms with Crippen molar-refractivity contribution >= 4 is 38.8 Å². The number of amides is 1. The fraction of sp³-hybridized carbons (Fsp3) is 0.125. The molecule has 2 aromatic carbocycles. The van der Waals surface area contributed by atoms with Crippen LogP contribution in [0.25, 0.3) is 11.0 Å². The van der Waals surface area contributed by atoms with Crippen LogP contribution in [0.4, 0.5) is 5.95 Å². The van der Waals surface area contributed by atoms with Crippen LogP contribution in [0.1, 0.15) is 10.4 Å². The number of fused-ring (bicyclic) bond motifs is 1. The van der Waals surface area contributed by atoms with E-state index < -0.39 is 0 Å². The molecule has 0 spiro atoms. The van der Waals surface area contributed by atoms with Crippen molar-refractivity contribution in [3.63, 3.8) is 0 Å². The summed E-state index contributed by atoms with van der Waals surface area (Å²) in [5, 5.41) is 6.03. The maximum absolute atomic E-state index is 11.9. The van der Waals surface area contributed by atoms with Gasteiger partial charge in [-0.3, -0.25) is 4.79 Å². The van der Waals surface area contributed by atoms with Gasteiger partial charge < -0.3 is 15.6 Å². The van der Waals surface area contributed by atoms with Crippen molar-refractivity contribution in [3.8, 4) is 0 Å². The standard InChI is InChI=1S/C16H15BrN4O/c17-12-7-5-11(6-8-12)15(22)18-9-10-19-16-20-13-3-1-2-4-14(13)21-16/h1-8H,9-10H2,(H,18,22)(H2,19,20,21). The van der Waals surface area contributed by atoms with Crippen LogP contribution in [0.15, 0.2) is 53.0 Å². The first kappa shape index (κ1) is 14.6. The van der Waals surface area contributed by atoms with E-state index in [-0.39, 0.29) is 5.91 Å². The fourth-order valence-corrected chi connectivity index (χ4v) is 2.36. The fourth-order valence-electron chi connectivity index (χ4n) is 2.10. The first-order valence-electron chi connectivity index (χ1n) is 6.95. The van der Waals surface area contributed by atoms with Crippen molar-refractivity contribution in [1.29, 1.82) is 0 Å². The molecular formula is C16H15BrN4O. The van der Waals surface area contributed by atoms with Crippen molar-refractivity contribution in [2.45, 2.75) is 0 Å². The van der Waals surface area contributed by atoms with Gasteiger partial charge in [0.2, 0.25) is 5.95 Å². The van der Waals surface area contributed by atoms with Crippen LogP contribution in [0.5, 0.6) is 0 Å². The van der Waals surface area contributed by atoms with Crippen LogP contribution in [0, 0.1) is 0 Å². The number of H-pyrrole nitrogens is 1. The van der Waals surface area contributed by atoms with Gasteiger partial charge in [0.1, 0.15) is 0 Å². The molecule has 3 N–H and O–H groups in total. The highest BCUT2D eigenvalue weighted by atomic mass is 79.9. The molecule has 0 saturated heterocycles. The van der Waals surface area contributed by atoms with Crippen molar-refractivity contribution in [2.24, 2.45) is 0 Å². The molecule has 112 valence electrons. The second kappa shape index (κ2) is 6.62. The van der Waals surface area contributed by atoms with Gasteiger partial charge in [0.25, 0.3) is 5.91 Å². The molecule has 0 bridgehead atoms. The summed E-state index contributed by atoms with van der Waals surface area (Å²) in [5.74, 6) is 0.623. The molecule has 0 saturated carbocycles. The van der Waals surface area contributed by atoms with Crippen molar-refractivity contribution in [1.82, 2.24) is 15.3 Å². The molecule has 0 aliphatic rings. The summed E-state index contributed by atoms with van der Waals surface area (Å²) in [7, 11) is 0. The number of halogens is 1. The quantitative estimate of drug-likeness (QED) is 0.613. The van der Waals surface area contributed by atoms with Crippen LogP contribution in [0.3, 0.4) is 0 Å². The molecule has 1 aromatic heterocycles. The molecule has 0 aliphatic heterocycles. The van der Waals surface area contributed by atoms with Gasteiger partial charge in [-0.25, -0.2) is 4.98 Å². The molecule has 3 aromatic rings. The van der Waals surface area contributed by atoms with Gasteiger partial charge in [-0.15, -0.1) is 0 Å². The Morgan fingerprint density at radius 3 is 2.64 bits per heavy atom. The lowest BCUT2D eigenvalue weighted by Crippen LogP contribution is -2.28. The van der Waals surface area contributed by atoms with E-state index in [0.717, 1.165) is 15.5 Å². The zero-order valence-corrected chi connectivity index (χ0v) is 13.4. The van der Waals surface area contributed by atoms with E-state index in [0.29, 0.717) is 24.6 Å². The second-order valence-corrected chi connectivity index (χ2v) is 5.71. The van der Waals surface area contributed by atoms with Gasteiger partial charge in [-0.2, -0.15) is 0 Å². The lowest BCUT2D eigenvalue weighted by molar-refractivity contribution is 0.0955. The summed E-state index contributed by atoms with van der Waals surface area (Å²) in [5.41, 5.74) is 2.56. The Kier molecular flexibility index (Phi) is 4.39. The van der Waals surface area contributed by atoms with Crippen LogP contribution in [-0.4, -0.2) is 29.0 Å². The summed E-state index contributed by atoms with van der Waals surface area (Å²) >= 11 is 3.35. The minimum atomic E-state index is -0.0843. The van der Waals surface area contributed by atoms with E-state index in [1.54, 1.807) is 12.1 Å². The van der Waals surface area contributed by atoms with E-state index in [1.165, 1.54) is 0 Å². The Bertz CT molecular complexity index is 749. The van der Waals surface area contributed by atoms with Gasteiger partial charge in [-0.05, 0) is 36.4 Å². The Balaban J connectivity index is 1.49. The van der Waals surface area contributed by atoms with Gasteiger partial charge in [0.05, 0.1) is 11.0 Å². The van der Waals surface area contributed by atoms with Crippen LogP contribution in [-0.2, 0) is 0 Å². The lowest BCUT2D eigenvalue weighted by Gasteiger charge is -2.06. The highest BCUT2D eigenvalue weighted by Gasteiger charge is 2.04. The highest BCUT2D eigenvalue weighted by molar-refractivity contribution is 9.10. The molecule has 0 fully saturated rings. The number of hydrogen-bond donors (Lipinski definition) is 3. The van der Waals surface area contributed by atoms with E-state index in [1.807, 2.05) is 36.4 Å². The maximum Gasteiger partial charge on any atom is 0.251 e. The average molecular weight is 359 g/mol. The van der Waals surface area contributed by atoms with E-state index in [9.17, 15) is 4.79 Å². The van der Waals surface area contributed by atoms with Crippen LogP contribution in [0.2, 0.25) is 0 Å². The van der Waals surface area contributed by atoms with Crippen LogP contribution >= 0.6 is 15.9 Å².